The zero-order valence-electron chi connectivity index (χ0n) is 9.92. The molecule has 1 N–H and O–H groups in total. The predicted molar refractivity (Wildman–Crippen MR) is 68.9 cm³/mol. The van der Waals surface area contributed by atoms with Crippen LogP contribution in [-0.4, -0.2) is 4.98 Å². The number of para-hydroxylation sites is 1. The molecule has 1 aliphatic rings. The van der Waals surface area contributed by atoms with Gasteiger partial charge in [0.1, 0.15) is 0 Å². The molecule has 2 aromatic rings. The van der Waals surface area contributed by atoms with Crippen LogP contribution in [0.4, 0.5) is 0 Å². The van der Waals surface area contributed by atoms with Crippen molar-refractivity contribution in [3.05, 3.63) is 35.5 Å². The maximum Gasteiger partial charge on any atom is 0.0458 e. The van der Waals surface area contributed by atoms with Crippen LogP contribution in [-0.2, 0) is 0 Å². The fourth-order valence-electron chi connectivity index (χ4n) is 3.22. The first-order chi connectivity index (χ1) is 7.86. The highest BCUT2D eigenvalue weighted by atomic mass is 14.7. The van der Waals surface area contributed by atoms with Crippen molar-refractivity contribution in [1.29, 1.82) is 0 Å². The number of fused-ring (bicyclic) bond motifs is 1. The van der Waals surface area contributed by atoms with E-state index in [4.69, 9.17) is 0 Å². The zero-order valence-corrected chi connectivity index (χ0v) is 9.92. The van der Waals surface area contributed by atoms with Gasteiger partial charge in [0.25, 0.3) is 0 Å². The second kappa shape index (κ2) is 3.97. The van der Waals surface area contributed by atoms with Gasteiger partial charge in [-0.25, -0.2) is 0 Å². The molecule has 16 heavy (non-hydrogen) atoms. The van der Waals surface area contributed by atoms with E-state index in [2.05, 4.69) is 36.2 Å². The third-order valence-corrected chi connectivity index (χ3v) is 3.96. The van der Waals surface area contributed by atoms with E-state index in [9.17, 15) is 0 Å². The normalized spacial score (nSPS) is 18.1. The summed E-state index contributed by atoms with van der Waals surface area (Å²) in [5.41, 5.74) is 4.28. The van der Waals surface area contributed by atoms with Crippen molar-refractivity contribution in [1.82, 2.24) is 4.98 Å². The van der Waals surface area contributed by atoms with Crippen molar-refractivity contribution in [2.45, 2.75) is 44.9 Å². The number of aryl methyl sites for hydroxylation is 1. The van der Waals surface area contributed by atoms with Gasteiger partial charge in [-0.15, -0.1) is 0 Å². The van der Waals surface area contributed by atoms with E-state index < -0.39 is 0 Å². The summed E-state index contributed by atoms with van der Waals surface area (Å²) < 4.78 is 0. The lowest BCUT2D eigenvalue weighted by molar-refractivity contribution is 0.444. The Morgan fingerprint density at radius 3 is 2.62 bits per heavy atom. The average Bonchev–Trinajstić information content (AvgIpc) is 2.66. The van der Waals surface area contributed by atoms with Gasteiger partial charge in [0.05, 0.1) is 0 Å². The van der Waals surface area contributed by atoms with Gasteiger partial charge < -0.3 is 4.98 Å². The van der Waals surface area contributed by atoms with Crippen molar-refractivity contribution in [3.63, 3.8) is 0 Å². The molecule has 1 heterocycles. The summed E-state index contributed by atoms with van der Waals surface area (Å²) in [6, 6.07) is 8.72. The molecule has 0 aliphatic heterocycles. The maximum atomic E-state index is 3.52. The molecule has 0 amide bonds. The highest BCUT2D eigenvalue weighted by Gasteiger charge is 2.20. The largest absolute Gasteiger partial charge is 0.358 e. The van der Waals surface area contributed by atoms with E-state index in [-0.39, 0.29) is 0 Å². The molecular weight excluding hydrogens is 194 g/mol. The van der Waals surface area contributed by atoms with Gasteiger partial charge in [-0.3, -0.25) is 0 Å². The highest BCUT2D eigenvalue weighted by Crippen LogP contribution is 2.38. The summed E-state index contributed by atoms with van der Waals surface area (Å²) in [6.07, 6.45) is 7.00. The van der Waals surface area contributed by atoms with Gasteiger partial charge in [-0.1, -0.05) is 37.5 Å². The third kappa shape index (κ3) is 1.55. The minimum absolute atomic E-state index is 0.796. The first kappa shape index (κ1) is 9.95. The van der Waals surface area contributed by atoms with Crippen molar-refractivity contribution in [2.24, 2.45) is 0 Å². The quantitative estimate of drug-likeness (QED) is 0.716. The second-order valence-electron chi connectivity index (χ2n) is 5.04. The zero-order chi connectivity index (χ0) is 11.0. The molecule has 0 spiro atoms. The van der Waals surface area contributed by atoms with Gasteiger partial charge in [0.2, 0.25) is 0 Å². The molecule has 1 aromatic heterocycles. The number of aromatic nitrogens is 1. The number of H-pyrrole nitrogens is 1. The van der Waals surface area contributed by atoms with Crippen molar-refractivity contribution in [2.75, 3.05) is 0 Å². The molecule has 1 saturated carbocycles. The lowest BCUT2D eigenvalue weighted by Crippen LogP contribution is -2.05. The molecule has 0 radical (unpaired) electrons. The van der Waals surface area contributed by atoms with Crippen LogP contribution in [0.5, 0.6) is 0 Å². The number of benzene rings is 1. The summed E-state index contributed by atoms with van der Waals surface area (Å²) in [4.78, 5) is 3.52. The Morgan fingerprint density at radius 2 is 1.81 bits per heavy atom. The van der Waals surface area contributed by atoms with E-state index in [0.717, 1.165) is 5.92 Å². The van der Waals surface area contributed by atoms with Crippen LogP contribution in [0.25, 0.3) is 10.9 Å². The third-order valence-electron chi connectivity index (χ3n) is 3.96. The Hall–Kier alpha value is -1.24. The van der Waals surface area contributed by atoms with Crippen molar-refractivity contribution in [3.8, 4) is 0 Å². The Kier molecular flexibility index (Phi) is 2.47. The monoisotopic (exact) mass is 213 g/mol. The van der Waals surface area contributed by atoms with Gasteiger partial charge in [0, 0.05) is 16.6 Å². The summed E-state index contributed by atoms with van der Waals surface area (Å²) in [6.45, 7) is 2.23. The molecule has 0 bridgehead atoms. The van der Waals surface area contributed by atoms with Crippen LogP contribution >= 0.6 is 0 Å². The minimum atomic E-state index is 0.796. The molecule has 0 atom stereocenters. The smallest absolute Gasteiger partial charge is 0.0458 e. The van der Waals surface area contributed by atoms with Gasteiger partial charge in [-0.2, -0.15) is 0 Å². The molecule has 0 unspecified atom stereocenters. The highest BCUT2D eigenvalue weighted by molar-refractivity contribution is 5.85. The van der Waals surface area contributed by atoms with Gasteiger partial charge >= 0.3 is 0 Å². The standard InChI is InChI=1S/C15H19N/c1-11-15(12-7-3-2-4-8-12)13-9-5-6-10-14(13)16-11/h5-6,9-10,12,16H,2-4,7-8H2,1H3. The van der Waals surface area contributed by atoms with Crippen LogP contribution in [0.2, 0.25) is 0 Å². The molecule has 1 aliphatic carbocycles. The summed E-state index contributed by atoms with van der Waals surface area (Å²) in [5.74, 6) is 0.796. The van der Waals surface area contributed by atoms with E-state index >= 15 is 0 Å². The minimum Gasteiger partial charge on any atom is -0.358 e. The van der Waals surface area contributed by atoms with Gasteiger partial charge in [-0.05, 0) is 37.3 Å². The van der Waals surface area contributed by atoms with Crippen LogP contribution in [0.1, 0.15) is 49.3 Å². The summed E-state index contributed by atoms with van der Waals surface area (Å²) >= 11 is 0. The first-order valence-electron chi connectivity index (χ1n) is 6.43. The van der Waals surface area contributed by atoms with Crippen LogP contribution < -0.4 is 0 Å². The number of aromatic amines is 1. The van der Waals surface area contributed by atoms with Crippen LogP contribution in [0, 0.1) is 6.92 Å². The molecule has 1 fully saturated rings. The molecule has 0 saturated heterocycles. The first-order valence-corrected chi connectivity index (χ1v) is 6.43. The Labute approximate surface area is 96.9 Å². The molecule has 84 valence electrons. The number of hydrogen-bond donors (Lipinski definition) is 1. The van der Waals surface area contributed by atoms with Gasteiger partial charge in [0.15, 0.2) is 0 Å². The Morgan fingerprint density at radius 1 is 1.06 bits per heavy atom. The average molecular weight is 213 g/mol. The molecule has 1 heteroatoms. The number of rotatable bonds is 1. The molecule has 1 aromatic carbocycles. The van der Waals surface area contributed by atoms with E-state index in [1.54, 1.807) is 5.56 Å². The molecular formula is C15H19N. The van der Waals surface area contributed by atoms with Crippen LogP contribution in [0.15, 0.2) is 24.3 Å². The van der Waals surface area contributed by atoms with Crippen molar-refractivity contribution >= 4 is 10.9 Å². The summed E-state index contributed by atoms with van der Waals surface area (Å²) in [7, 11) is 0. The van der Waals surface area contributed by atoms with E-state index in [1.165, 1.54) is 48.7 Å². The topological polar surface area (TPSA) is 15.8 Å². The van der Waals surface area contributed by atoms with E-state index in [0.29, 0.717) is 0 Å². The van der Waals surface area contributed by atoms with E-state index in [1.807, 2.05) is 0 Å². The Balaban J connectivity index is 2.10. The van der Waals surface area contributed by atoms with Crippen LogP contribution in [0.3, 0.4) is 0 Å². The Bertz CT molecular complexity index is 489. The SMILES string of the molecule is Cc1[nH]c2ccccc2c1C1CCCCC1. The molecule has 3 rings (SSSR count). The van der Waals surface area contributed by atoms with Crippen molar-refractivity contribution < 1.29 is 0 Å². The fourth-order valence-corrected chi connectivity index (χ4v) is 3.22. The number of nitrogens with one attached hydrogen (secondary N) is 1. The maximum absolute atomic E-state index is 3.52. The summed E-state index contributed by atoms with van der Waals surface area (Å²) in [5, 5.41) is 1.45. The lowest BCUT2D eigenvalue weighted by Gasteiger charge is -2.22. The predicted octanol–water partition coefficient (Wildman–Crippen LogP) is 4.52. The molecule has 1 nitrogen and oxygen atoms in total. The second-order valence-corrected chi connectivity index (χ2v) is 5.04. The fraction of sp³-hybridized carbons (Fsp3) is 0.467. The lowest BCUT2D eigenvalue weighted by atomic mass is 9.83. The number of hydrogen-bond acceptors (Lipinski definition) is 0.